The molecule has 1 unspecified atom stereocenters. The minimum absolute atomic E-state index is 0.101. The average Bonchev–Trinajstić information content (AvgIpc) is 2.65. The Morgan fingerprint density at radius 3 is 2.56 bits per heavy atom. The molecule has 0 bridgehead atoms. The molecule has 0 spiro atoms. The van der Waals surface area contributed by atoms with Crippen molar-refractivity contribution in [2.24, 2.45) is 5.92 Å². The molecule has 1 aromatic heterocycles. The van der Waals surface area contributed by atoms with Crippen LogP contribution in [0.2, 0.25) is 0 Å². The van der Waals surface area contributed by atoms with Crippen molar-refractivity contribution in [1.82, 2.24) is 5.32 Å². The third-order valence-electron chi connectivity index (χ3n) is 2.85. The summed E-state index contributed by atoms with van der Waals surface area (Å²) in [5.41, 5.74) is 0.973. The first-order valence-corrected chi connectivity index (χ1v) is 7.27. The number of rotatable bonds is 5. The van der Waals surface area contributed by atoms with Crippen LogP contribution in [-0.2, 0) is 4.79 Å². The molecule has 0 aliphatic rings. The fourth-order valence-corrected chi connectivity index (χ4v) is 2.91. The lowest BCUT2D eigenvalue weighted by Gasteiger charge is -2.19. The number of carboxylic acid groups (broad SMARTS) is 1. The summed E-state index contributed by atoms with van der Waals surface area (Å²) in [6.45, 7) is 5.61. The maximum absolute atomic E-state index is 12.0. The van der Waals surface area contributed by atoms with Crippen molar-refractivity contribution in [3.05, 3.63) is 20.3 Å². The zero-order valence-electron chi connectivity index (χ0n) is 10.5. The summed E-state index contributed by atoms with van der Waals surface area (Å²) in [6, 6.07) is 0.906. The third kappa shape index (κ3) is 3.55. The molecule has 1 amide bonds. The van der Waals surface area contributed by atoms with Crippen LogP contribution in [-0.4, -0.2) is 23.0 Å². The van der Waals surface area contributed by atoms with Crippen LogP contribution in [0.4, 0.5) is 0 Å². The second-order valence-electron chi connectivity index (χ2n) is 4.24. The van der Waals surface area contributed by atoms with E-state index >= 15 is 0 Å². The van der Waals surface area contributed by atoms with Crippen molar-refractivity contribution in [2.45, 2.75) is 33.2 Å². The van der Waals surface area contributed by atoms with E-state index in [1.165, 1.54) is 11.3 Å². The highest BCUT2D eigenvalue weighted by atomic mass is 79.9. The van der Waals surface area contributed by atoms with Crippen LogP contribution in [0, 0.1) is 12.8 Å². The predicted octanol–water partition coefficient (Wildman–Crippen LogP) is 3.05. The van der Waals surface area contributed by atoms with Crippen LogP contribution in [0.5, 0.6) is 0 Å². The molecule has 100 valence electrons. The van der Waals surface area contributed by atoms with Crippen LogP contribution in [0.15, 0.2) is 9.85 Å². The first kappa shape index (κ1) is 15.2. The summed E-state index contributed by atoms with van der Waals surface area (Å²) in [4.78, 5) is 23.6. The number of carboxylic acids is 1. The molecule has 0 radical (unpaired) electrons. The molecule has 0 aliphatic carbocycles. The predicted molar refractivity (Wildman–Crippen MR) is 75.1 cm³/mol. The second kappa shape index (κ2) is 6.33. The Morgan fingerprint density at radius 1 is 1.56 bits per heavy atom. The molecule has 4 nitrogen and oxygen atoms in total. The highest BCUT2D eigenvalue weighted by Gasteiger charge is 2.26. The number of hydrogen-bond donors (Lipinski definition) is 2. The highest BCUT2D eigenvalue weighted by molar-refractivity contribution is 9.11. The topological polar surface area (TPSA) is 66.4 Å². The normalized spacial score (nSPS) is 14.0. The van der Waals surface area contributed by atoms with E-state index in [4.69, 9.17) is 5.11 Å². The molecule has 2 N–H and O–H groups in total. The van der Waals surface area contributed by atoms with Gasteiger partial charge >= 0.3 is 5.97 Å². The molecular weight excluding hydrogens is 318 g/mol. The Balaban J connectivity index is 2.81. The van der Waals surface area contributed by atoms with Crippen molar-refractivity contribution < 1.29 is 14.7 Å². The quantitative estimate of drug-likeness (QED) is 0.870. The van der Waals surface area contributed by atoms with Gasteiger partial charge in [0, 0.05) is 0 Å². The van der Waals surface area contributed by atoms with Gasteiger partial charge in [0.1, 0.15) is 6.04 Å². The lowest BCUT2D eigenvalue weighted by atomic mass is 9.99. The van der Waals surface area contributed by atoms with Crippen LogP contribution in [0.1, 0.15) is 35.5 Å². The second-order valence-corrected chi connectivity index (χ2v) is 6.61. The Morgan fingerprint density at radius 2 is 2.17 bits per heavy atom. The van der Waals surface area contributed by atoms with E-state index in [1.54, 1.807) is 6.07 Å². The third-order valence-corrected chi connectivity index (χ3v) is 4.98. The molecule has 0 aromatic carbocycles. The Kier molecular flexibility index (Phi) is 5.34. The van der Waals surface area contributed by atoms with Crippen LogP contribution >= 0.6 is 27.3 Å². The fraction of sp³-hybridized carbons (Fsp3) is 0.500. The number of thiophene rings is 1. The monoisotopic (exact) mass is 333 g/mol. The smallest absolute Gasteiger partial charge is 0.326 e. The van der Waals surface area contributed by atoms with Gasteiger partial charge in [-0.1, -0.05) is 20.3 Å². The molecular formula is C12H16BrNO3S. The molecule has 0 fully saturated rings. The number of halogens is 1. The van der Waals surface area contributed by atoms with Gasteiger partial charge in [-0.25, -0.2) is 4.79 Å². The molecule has 2 atom stereocenters. The van der Waals surface area contributed by atoms with Gasteiger partial charge in [0.2, 0.25) is 0 Å². The Hall–Kier alpha value is -0.880. The zero-order chi connectivity index (χ0) is 13.9. The maximum atomic E-state index is 12.0. The summed E-state index contributed by atoms with van der Waals surface area (Å²) in [7, 11) is 0. The molecule has 0 saturated heterocycles. The van der Waals surface area contributed by atoms with Gasteiger partial charge < -0.3 is 10.4 Å². The number of carbonyl (C=O) groups excluding carboxylic acids is 1. The van der Waals surface area contributed by atoms with Gasteiger partial charge in [0.15, 0.2) is 0 Å². The first-order chi connectivity index (χ1) is 8.36. The standard InChI is InChI=1S/C12H16BrNO3S/c1-4-6(2)9(12(16)17)14-11(15)8-5-7(3)10(13)18-8/h5-6,9H,4H2,1-3H3,(H,14,15)(H,16,17)/t6?,9-/m0/s1. The van der Waals surface area contributed by atoms with Crippen molar-refractivity contribution in [1.29, 1.82) is 0 Å². The largest absolute Gasteiger partial charge is 0.480 e. The van der Waals surface area contributed by atoms with E-state index in [-0.39, 0.29) is 11.8 Å². The summed E-state index contributed by atoms with van der Waals surface area (Å²) >= 11 is 4.65. The minimum atomic E-state index is -0.995. The first-order valence-electron chi connectivity index (χ1n) is 5.66. The Labute approximate surface area is 119 Å². The minimum Gasteiger partial charge on any atom is -0.480 e. The van der Waals surface area contributed by atoms with Gasteiger partial charge in [-0.2, -0.15) is 0 Å². The number of amides is 1. The molecule has 1 heterocycles. The Bertz CT molecular complexity index is 439. The molecule has 0 aliphatic heterocycles. The van der Waals surface area contributed by atoms with Crippen molar-refractivity contribution >= 4 is 39.1 Å². The van der Waals surface area contributed by atoms with Crippen molar-refractivity contribution in [2.75, 3.05) is 0 Å². The van der Waals surface area contributed by atoms with Crippen molar-refractivity contribution in [3.63, 3.8) is 0 Å². The maximum Gasteiger partial charge on any atom is 0.326 e. The lowest BCUT2D eigenvalue weighted by Crippen LogP contribution is -2.44. The van der Waals surface area contributed by atoms with E-state index < -0.39 is 12.0 Å². The number of aliphatic carboxylic acids is 1. The number of hydrogen-bond acceptors (Lipinski definition) is 3. The van der Waals surface area contributed by atoms with Gasteiger partial charge in [-0.05, 0) is 40.4 Å². The summed E-state index contributed by atoms with van der Waals surface area (Å²) in [5.74, 6) is -1.43. The molecule has 1 aromatic rings. The number of aryl methyl sites for hydroxylation is 1. The van der Waals surface area contributed by atoms with E-state index in [0.29, 0.717) is 11.3 Å². The highest BCUT2D eigenvalue weighted by Crippen LogP contribution is 2.27. The molecule has 18 heavy (non-hydrogen) atoms. The van der Waals surface area contributed by atoms with Crippen molar-refractivity contribution in [3.8, 4) is 0 Å². The molecule has 6 heteroatoms. The average molecular weight is 334 g/mol. The van der Waals surface area contributed by atoms with Crippen LogP contribution in [0.25, 0.3) is 0 Å². The molecule has 0 saturated carbocycles. The van der Waals surface area contributed by atoms with E-state index in [1.807, 2.05) is 20.8 Å². The van der Waals surface area contributed by atoms with Gasteiger partial charge in [0.05, 0.1) is 8.66 Å². The number of carbonyl (C=O) groups is 2. The van der Waals surface area contributed by atoms with Gasteiger partial charge in [-0.15, -0.1) is 11.3 Å². The van der Waals surface area contributed by atoms with Crippen LogP contribution in [0.3, 0.4) is 0 Å². The molecule has 1 rings (SSSR count). The summed E-state index contributed by atoms with van der Waals surface area (Å²) < 4.78 is 0.892. The van der Waals surface area contributed by atoms with E-state index in [2.05, 4.69) is 21.2 Å². The van der Waals surface area contributed by atoms with Gasteiger partial charge in [0.25, 0.3) is 5.91 Å². The summed E-state index contributed by atoms with van der Waals surface area (Å²) in [6.07, 6.45) is 0.699. The number of nitrogens with one attached hydrogen (secondary N) is 1. The van der Waals surface area contributed by atoms with E-state index in [0.717, 1.165) is 9.35 Å². The SMILES string of the molecule is CCC(C)[C@H](NC(=O)c1cc(C)c(Br)s1)C(=O)O. The zero-order valence-corrected chi connectivity index (χ0v) is 12.9. The van der Waals surface area contributed by atoms with Gasteiger partial charge in [-0.3, -0.25) is 4.79 Å². The summed E-state index contributed by atoms with van der Waals surface area (Å²) in [5, 5.41) is 11.7. The van der Waals surface area contributed by atoms with Crippen LogP contribution < -0.4 is 5.32 Å². The lowest BCUT2D eigenvalue weighted by molar-refractivity contribution is -0.140. The van der Waals surface area contributed by atoms with E-state index in [9.17, 15) is 9.59 Å². The fourth-order valence-electron chi connectivity index (χ4n) is 1.47.